The number of aromatic amines is 1. The molecule has 330 valence electrons. The average Bonchev–Trinajstić information content (AvgIpc) is 3.72. The Morgan fingerprint density at radius 2 is 1.75 bits per heavy atom. The molecule has 15 atom stereocenters. The fourth-order valence-corrected chi connectivity index (χ4v) is 9.83. The second-order valence-corrected chi connectivity index (χ2v) is 18.6. The van der Waals surface area contributed by atoms with E-state index < -0.39 is 78.1 Å². The van der Waals surface area contributed by atoms with Crippen molar-refractivity contribution in [2.24, 2.45) is 22.7 Å². The third-order valence-electron chi connectivity index (χ3n) is 13.0. The quantitative estimate of drug-likeness (QED) is 0.303. The van der Waals surface area contributed by atoms with Gasteiger partial charge in [0.05, 0.1) is 47.6 Å². The predicted molar refractivity (Wildman–Crippen MR) is 222 cm³/mol. The summed E-state index contributed by atoms with van der Waals surface area (Å²) in [6.45, 7) is 17.3. The van der Waals surface area contributed by atoms with E-state index in [0.29, 0.717) is 19.0 Å². The Labute approximate surface area is 349 Å². The molecule has 4 fully saturated rings. The van der Waals surface area contributed by atoms with E-state index in [4.69, 9.17) is 33.4 Å². The molecular weight excluding hydrogens is 759 g/mol. The van der Waals surface area contributed by atoms with Crippen LogP contribution in [0.25, 0.3) is 10.9 Å². The molecule has 4 saturated heterocycles. The fraction of sp³-hybridized carbons (Fsp3) is 0.750. The number of benzene rings is 1. The second kappa shape index (κ2) is 18.0. The minimum atomic E-state index is -1.52. The minimum Gasteiger partial charge on any atom is -0.454 e. The molecule has 4 N–H and O–H groups in total. The lowest BCUT2D eigenvalue weighted by Gasteiger charge is -2.48. The van der Waals surface area contributed by atoms with Crippen LogP contribution < -0.4 is 5.32 Å². The number of likely N-dealkylation sites (N-methyl/N-ethyl adjacent to an activating group) is 2. The van der Waals surface area contributed by atoms with E-state index in [9.17, 15) is 19.8 Å². The van der Waals surface area contributed by atoms with Gasteiger partial charge in [0.15, 0.2) is 18.7 Å². The van der Waals surface area contributed by atoms with Crippen molar-refractivity contribution in [3.63, 3.8) is 0 Å². The molecule has 1 aromatic heterocycles. The Kier molecular flexibility index (Phi) is 13.8. The zero-order valence-electron chi connectivity index (χ0n) is 37.0. The first kappa shape index (κ1) is 45.2. The molecule has 0 saturated carbocycles. The number of amides is 2. The maximum absolute atomic E-state index is 14.7. The third kappa shape index (κ3) is 9.61. The number of nitrogens with one attached hydrogen (secondary N) is 2. The molecule has 15 nitrogen and oxygen atoms in total. The van der Waals surface area contributed by atoms with Crippen molar-refractivity contribution in [3.05, 3.63) is 36.0 Å². The molecule has 0 radical (unpaired) electrons. The summed E-state index contributed by atoms with van der Waals surface area (Å²) in [4.78, 5) is 40.8. The van der Waals surface area contributed by atoms with Crippen molar-refractivity contribution >= 4 is 28.7 Å². The van der Waals surface area contributed by atoms with Gasteiger partial charge in [0.2, 0.25) is 11.8 Å². The SMILES string of the molecule is CO[C@]1(C)C[C@H](O[C@H]2[C@H](C)[C@@H](O[C@@H]3O[C@H](C)C[C@H]4[C@H]3OC(=NC(C)C)N4C)[C@](C)(O)C[C@@H](C)CN(C)C(=O)[C@H](Cc3c[nH]c4ccccc34)NC(=O)[C@@H]2C)O[C@@H](C)[C@@H]1O. The van der Waals surface area contributed by atoms with Gasteiger partial charge >= 0.3 is 0 Å². The Hall–Kier alpha value is -3.31. The van der Waals surface area contributed by atoms with Crippen LogP contribution in [0.1, 0.15) is 87.1 Å². The molecule has 0 bridgehead atoms. The summed E-state index contributed by atoms with van der Waals surface area (Å²) in [5.41, 5.74) is -0.679. The number of ether oxygens (including phenoxy) is 6. The van der Waals surface area contributed by atoms with Crippen molar-refractivity contribution in [3.8, 4) is 0 Å². The lowest BCUT2D eigenvalue weighted by molar-refractivity contribution is -0.313. The molecule has 0 aliphatic carbocycles. The van der Waals surface area contributed by atoms with Gasteiger partial charge in [-0.25, -0.2) is 4.99 Å². The molecule has 2 amide bonds. The van der Waals surface area contributed by atoms with Crippen molar-refractivity contribution in [1.82, 2.24) is 20.1 Å². The van der Waals surface area contributed by atoms with Gasteiger partial charge in [0, 0.05) is 69.7 Å². The van der Waals surface area contributed by atoms with E-state index >= 15 is 0 Å². The maximum atomic E-state index is 14.7. The number of carbonyl (C=O) groups excluding carboxylic acids is 2. The summed E-state index contributed by atoms with van der Waals surface area (Å²) in [7, 11) is 5.24. The number of aliphatic hydroxyl groups excluding tert-OH is 1. The Bertz CT molecular complexity index is 1800. The number of para-hydroxylation sites is 1. The summed E-state index contributed by atoms with van der Waals surface area (Å²) in [6.07, 6.45) is -2.75. The monoisotopic (exact) mass is 828 g/mol. The summed E-state index contributed by atoms with van der Waals surface area (Å²) in [6, 6.07) is 7.41. The van der Waals surface area contributed by atoms with Crippen molar-refractivity contribution in [1.29, 1.82) is 0 Å². The highest BCUT2D eigenvalue weighted by molar-refractivity contribution is 5.90. The largest absolute Gasteiger partial charge is 0.454 e. The number of aromatic nitrogens is 1. The Morgan fingerprint density at radius 3 is 2.44 bits per heavy atom. The zero-order valence-corrected chi connectivity index (χ0v) is 37.0. The average molecular weight is 828 g/mol. The van der Waals surface area contributed by atoms with Gasteiger partial charge in [-0.2, -0.15) is 0 Å². The number of aliphatic hydroxyl groups is 2. The van der Waals surface area contributed by atoms with E-state index in [1.165, 1.54) is 7.11 Å². The molecule has 59 heavy (non-hydrogen) atoms. The van der Waals surface area contributed by atoms with Gasteiger partial charge in [0.1, 0.15) is 12.1 Å². The number of rotatable bonds is 8. The molecule has 4 aliphatic heterocycles. The minimum absolute atomic E-state index is 0.00580. The highest BCUT2D eigenvalue weighted by Crippen LogP contribution is 2.41. The predicted octanol–water partition coefficient (Wildman–Crippen LogP) is 3.99. The Balaban J connectivity index is 1.39. The molecule has 5 heterocycles. The molecular formula is C44H69N5O10. The molecule has 15 heteroatoms. The molecule has 4 aliphatic rings. The topological polar surface area (TPSA) is 177 Å². The van der Waals surface area contributed by atoms with E-state index in [0.717, 1.165) is 16.5 Å². The first-order valence-electron chi connectivity index (χ1n) is 21.4. The van der Waals surface area contributed by atoms with Crippen LogP contribution >= 0.6 is 0 Å². The normalized spacial score (nSPS) is 41.0. The lowest BCUT2D eigenvalue weighted by Crippen LogP contribution is -2.60. The van der Waals surface area contributed by atoms with E-state index in [1.54, 1.807) is 39.6 Å². The summed E-state index contributed by atoms with van der Waals surface area (Å²) < 4.78 is 39.0. The highest BCUT2D eigenvalue weighted by Gasteiger charge is 2.54. The number of hydrogen-bond acceptors (Lipinski definition) is 11. The standard InChI is InChI=1S/C44H69N5O10/c1-23(2)46-42-49(11)33-17-25(4)55-41(36(33)58-42)59-38-26(5)35(57-34-20-44(9,54-12)37(50)28(7)56-34)27(6)39(51)47-32(18-29-21-45-31-16-14-13-15-30(29)31)40(52)48(10)22-24(3)19-43(38,8)53/h13-16,21,23-28,32-38,41,45,50,53H,17-20,22H2,1-12H3,(H,47,51)/t24-,25-,26+,27-,28+,32+,33+,34+,35+,36-,37+,38-,41+,43-,44-/m1/s1. The fourth-order valence-electron chi connectivity index (χ4n) is 9.83. The number of nitrogens with zero attached hydrogens (tertiary/aromatic N) is 3. The van der Waals surface area contributed by atoms with Crippen LogP contribution in [0.4, 0.5) is 0 Å². The van der Waals surface area contributed by atoms with E-state index in [1.807, 2.05) is 77.0 Å². The van der Waals surface area contributed by atoms with Crippen LogP contribution in [0.15, 0.2) is 35.5 Å². The molecule has 0 spiro atoms. The summed E-state index contributed by atoms with van der Waals surface area (Å²) in [5.74, 6) is -2.39. The van der Waals surface area contributed by atoms with Crippen LogP contribution in [-0.2, 0) is 44.4 Å². The number of H-pyrrole nitrogens is 1. The number of amidine groups is 1. The summed E-state index contributed by atoms with van der Waals surface area (Å²) >= 11 is 0. The van der Waals surface area contributed by atoms with Gasteiger partial charge in [0.25, 0.3) is 6.02 Å². The van der Waals surface area contributed by atoms with Gasteiger partial charge < -0.3 is 58.7 Å². The first-order valence-corrected chi connectivity index (χ1v) is 21.4. The molecule has 6 rings (SSSR count). The van der Waals surface area contributed by atoms with Crippen molar-refractivity contribution in [2.45, 2.75) is 167 Å². The maximum Gasteiger partial charge on any atom is 0.288 e. The highest BCUT2D eigenvalue weighted by atomic mass is 16.7. The number of methoxy groups -OCH3 is 1. The van der Waals surface area contributed by atoms with E-state index in [2.05, 4.69) is 10.3 Å². The van der Waals surface area contributed by atoms with Crippen LogP contribution in [-0.4, -0.2) is 149 Å². The van der Waals surface area contributed by atoms with Gasteiger partial charge in [-0.15, -0.1) is 0 Å². The van der Waals surface area contributed by atoms with Crippen molar-refractivity contribution < 1.29 is 48.2 Å². The molecule has 1 aromatic carbocycles. The molecule has 2 aromatic rings. The third-order valence-corrected chi connectivity index (χ3v) is 13.0. The van der Waals surface area contributed by atoms with Crippen LogP contribution in [0.5, 0.6) is 0 Å². The van der Waals surface area contributed by atoms with Crippen LogP contribution in [0.2, 0.25) is 0 Å². The van der Waals surface area contributed by atoms with Gasteiger partial charge in [-0.1, -0.05) is 39.0 Å². The second-order valence-electron chi connectivity index (χ2n) is 18.6. The Morgan fingerprint density at radius 1 is 1.03 bits per heavy atom. The number of aliphatic imine (C=N–C) groups is 1. The number of hydrogen-bond donors (Lipinski definition) is 4. The van der Waals surface area contributed by atoms with Gasteiger partial charge in [-0.3, -0.25) is 9.59 Å². The van der Waals surface area contributed by atoms with Gasteiger partial charge in [-0.05, 0) is 71.9 Å². The summed E-state index contributed by atoms with van der Waals surface area (Å²) in [5, 5.41) is 27.9. The van der Waals surface area contributed by atoms with Crippen molar-refractivity contribution in [2.75, 3.05) is 27.7 Å². The lowest BCUT2D eigenvalue weighted by atomic mass is 9.77. The molecule has 0 unspecified atom stereocenters. The zero-order chi connectivity index (χ0) is 43.1. The first-order chi connectivity index (χ1) is 27.7. The smallest absolute Gasteiger partial charge is 0.288 e. The van der Waals surface area contributed by atoms with Crippen LogP contribution in [0.3, 0.4) is 0 Å². The number of carbonyl (C=O) groups is 2. The van der Waals surface area contributed by atoms with Crippen LogP contribution in [0, 0.1) is 17.8 Å². The van der Waals surface area contributed by atoms with E-state index in [-0.39, 0.29) is 49.3 Å². The number of fused-ring (bicyclic) bond motifs is 2.